The van der Waals surface area contributed by atoms with E-state index in [0.29, 0.717) is 5.56 Å². The Hall–Kier alpha value is -1.22. The minimum atomic E-state index is -3.73. The Kier molecular flexibility index (Phi) is 4.82. The number of aromatic carboxylic acids is 1. The first kappa shape index (κ1) is 16.2. The van der Waals surface area contributed by atoms with Gasteiger partial charge >= 0.3 is 5.97 Å². The Morgan fingerprint density at radius 1 is 1.38 bits per heavy atom. The minimum Gasteiger partial charge on any atom is -0.477 e. The van der Waals surface area contributed by atoms with Crippen LogP contribution in [0.4, 0.5) is 0 Å². The van der Waals surface area contributed by atoms with Crippen LogP contribution in [-0.2, 0) is 16.6 Å². The molecule has 1 aromatic carbocycles. The molecule has 0 aliphatic heterocycles. The third-order valence-electron chi connectivity index (χ3n) is 2.76. The topological polar surface area (TPSA) is 83.5 Å². The Morgan fingerprint density at radius 3 is 2.62 bits per heavy atom. The molecule has 0 spiro atoms. The number of benzene rings is 1. The van der Waals surface area contributed by atoms with Crippen LogP contribution in [-0.4, -0.2) is 19.5 Å². The predicted molar refractivity (Wildman–Crippen MR) is 84.2 cm³/mol. The molecular weight excluding hydrogens is 378 g/mol. The number of hydrogen-bond donors (Lipinski definition) is 2. The van der Waals surface area contributed by atoms with Crippen LogP contribution in [0, 0.1) is 6.92 Å². The summed E-state index contributed by atoms with van der Waals surface area (Å²) in [5.41, 5.74) is 1.24. The molecule has 2 aromatic rings. The highest BCUT2D eigenvalue weighted by atomic mass is 79.9. The molecule has 0 aliphatic rings. The smallest absolute Gasteiger partial charge is 0.346 e. The first-order valence-corrected chi connectivity index (χ1v) is 8.97. The zero-order valence-electron chi connectivity index (χ0n) is 11.0. The maximum Gasteiger partial charge on any atom is 0.346 e. The molecule has 21 heavy (non-hydrogen) atoms. The van der Waals surface area contributed by atoms with Gasteiger partial charge in [0.1, 0.15) is 9.09 Å². The normalized spacial score (nSPS) is 11.5. The maximum atomic E-state index is 12.2. The monoisotopic (exact) mass is 389 g/mol. The second-order valence-electron chi connectivity index (χ2n) is 4.30. The van der Waals surface area contributed by atoms with E-state index < -0.39 is 16.0 Å². The number of hydrogen-bond acceptors (Lipinski definition) is 4. The Bertz CT molecular complexity index is 783. The Balaban J connectivity index is 2.21. The number of rotatable bonds is 5. The van der Waals surface area contributed by atoms with E-state index in [9.17, 15) is 13.2 Å². The second kappa shape index (κ2) is 6.27. The summed E-state index contributed by atoms with van der Waals surface area (Å²) >= 11 is 4.10. The van der Waals surface area contributed by atoms with Crippen molar-refractivity contribution >= 4 is 43.3 Å². The third-order valence-corrected chi connectivity index (χ3v) is 6.64. The van der Waals surface area contributed by atoms with Gasteiger partial charge in [-0.15, -0.1) is 11.3 Å². The van der Waals surface area contributed by atoms with Crippen molar-refractivity contribution in [2.75, 3.05) is 0 Å². The van der Waals surface area contributed by atoms with Crippen molar-refractivity contribution < 1.29 is 18.3 Å². The quantitative estimate of drug-likeness (QED) is 0.822. The van der Waals surface area contributed by atoms with Crippen molar-refractivity contribution in [3.8, 4) is 0 Å². The van der Waals surface area contributed by atoms with Crippen molar-refractivity contribution in [2.45, 2.75) is 17.7 Å². The van der Waals surface area contributed by atoms with Gasteiger partial charge in [0.15, 0.2) is 0 Å². The molecule has 0 saturated heterocycles. The lowest BCUT2D eigenvalue weighted by Crippen LogP contribution is -2.22. The van der Waals surface area contributed by atoms with Crippen LogP contribution in [0.5, 0.6) is 0 Å². The van der Waals surface area contributed by atoms with E-state index >= 15 is 0 Å². The molecule has 0 unspecified atom stereocenters. The van der Waals surface area contributed by atoms with E-state index in [2.05, 4.69) is 20.7 Å². The van der Waals surface area contributed by atoms with Crippen LogP contribution in [0.3, 0.4) is 0 Å². The van der Waals surface area contributed by atoms with Crippen LogP contribution in [0.15, 0.2) is 39.0 Å². The van der Waals surface area contributed by atoms with E-state index in [4.69, 9.17) is 5.11 Å². The fourth-order valence-electron chi connectivity index (χ4n) is 1.68. The molecule has 8 heteroatoms. The van der Waals surface area contributed by atoms with E-state index in [1.54, 1.807) is 13.0 Å². The van der Waals surface area contributed by atoms with Gasteiger partial charge in [0.05, 0.1) is 0 Å². The molecule has 0 bridgehead atoms. The molecule has 0 radical (unpaired) electrons. The summed E-state index contributed by atoms with van der Waals surface area (Å²) in [6.45, 7) is 1.70. The SMILES string of the molecule is Cc1cc(S(=O)(=O)NCc2ccccc2Br)sc1C(=O)O. The van der Waals surface area contributed by atoms with E-state index in [0.717, 1.165) is 21.4 Å². The number of carbonyl (C=O) groups is 1. The molecule has 2 N–H and O–H groups in total. The molecular formula is C13H12BrNO4S2. The summed E-state index contributed by atoms with van der Waals surface area (Å²) in [5.74, 6) is -1.12. The summed E-state index contributed by atoms with van der Waals surface area (Å²) in [7, 11) is -3.73. The lowest BCUT2D eigenvalue weighted by Gasteiger charge is -2.06. The molecule has 2 rings (SSSR count). The van der Waals surface area contributed by atoms with Gasteiger partial charge in [0.2, 0.25) is 10.0 Å². The first-order chi connectivity index (χ1) is 9.81. The number of carboxylic acids is 1. The zero-order chi connectivity index (χ0) is 15.6. The fourth-order valence-corrected chi connectivity index (χ4v) is 4.54. The largest absolute Gasteiger partial charge is 0.477 e. The minimum absolute atomic E-state index is 0.00412. The molecule has 0 aliphatic carbocycles. The first-order valence-electron chi connectivity index (χ1n) is 5.88. The van der Waals surface area contributed by atoms with Gasteiger partial charge in [-0.2, -0.15) is 0 Å². The summed E-state index contributed by atoms with van der Waals surface area (Å²) < 4.78 is 27.7. The lowest BCUT2D eigenvalue weighted by atomic mass is 10.2. The molecule has 0 fully saturated rings. The van der Waals surface area contributed by atoms with E-state index in [-0.39, 0.29) is 15.6 Å². The van der Waals surface area contributed by atoms with Crippen molar-refractivity contribution in [1.82, 2.24) is 4.72 Å². The van der Waals surface area contributed by atoms with Gasteiger partial charge in [-0.25, -0.2) is 17.9 Å². The Labute approximate surface area is 134 Å². The molecule has 112 valence electrons. The van der Waals surface area contributed by atoms with Crippen molar-refractivity contribution in [1.29, 1.82) is 0 Å². The van der Waals surface area contributed by atoms with Crippen LogP contribution >= 0.6 is 27.3 Å². The van der Waals surface area contributed by atoms with Crippen LogP contribution in [0.2, 0.25) is 0 Å². The third kappa shape index (κ3) is 3.70. The number of halogens is 1. The van der Waals surface area contributed by atoms with Gasteiger partial charge in [-0.05, 0) is 30.2 Å². The summed E-state index contributed by atoms with van der Waals surface area (Å²) in [6.07, 6.45) is 0. The molecule has 0 amide bonds. The molecule has 1 aromatic heterocycles. The Morgan fingerprint density at radius 2 is 2.05 bits per heavy atom. The lowest BCUT2D eigenvalue weighted by molar-refractivity contribution is 0.0701. The second-order valence-corrected chi connectivity index (χ2v) is 8.20. The van der Waals surface area contributed by atoms with Gasteiger partial charge in [-0.3, -0.25) is 0 Å². The zero-order valence-corrected chi connectivity index (χ0v) is 14.2. The fraction of sp³-hybridized carbons (Fsp3) is 0.154. The summed E-state index contributed by atoms with van der Waals surface area (Å²) in [6, 6.07) is 8.64. The summed E-state index contributed by atoms with van der Waals surface area (Å²) in [5, 5.41) is 8.98. The standard InChI is InChI=1S/C13H12BrNO4S2/c1-8-6-11(20-12(8)13(16)17)21(18,19)15-7-9-4-2-3-5-10(9)14/h2-6,15H,7H2,1H3,(H,16,17). The number of nitrogens with one attached hydrogen (secondary N) is 1. The molecule has 0 atom stereocenters. The number of thiophene rings is 1. The van der Waals surface area contributed by atoms with Gasteiger partial charge in [-0.1, -0.05) is 34.1 Å². The summed E-state index contributed by atoms with van der Waals surface area (Å²) in [4.78, 5) is 11.0. The van der Waals surface area contributed by atoms with Gasteiger partial charge < -0.3 is 5.11 Å². The van der Waals surface area contributed by atoms with Crippen LogP contribution in [0.25, 0.3) is 0 Å². The van der Waals surface area contributed by atoms with Crippen molar-refractivity contribution in [3.05, 3.63) is 50.8 Å². The van der Waals surface area contributed by atoms with Crippen LogP contribution in [0.1, 0.15) is 20.8 Å². The molecule has 5 nitrogen and oxygen atoms in total. The van der Waals surface area contributed by atoms with Gasteiger partial charge in [0, 0.05) is 11.0 Å². The predicted octanol–water partition coefficient (Wildman–Crippen LogP) is 3.00. The van der Waals surface area contributed by atoms with Crippen molar-refractivity contribution in [3.63, 3.8) is 0 Å². The maximum absolute atomic E-state index is 12.2. The number of sulfonamides is 1. The van der Waals surface area contributed by atoms with E-state index in [1.165, 1.54) is 6.07 Å². The highest BCUT2D eigenvalue weighted by Crippen LogP contribution is 2.26. The highest BCUT2D eigenvalue weighted by molar-refractivity contribution is 9.10. The number of carboxylic acid groups (broad SMARTS) is 1. The van der Waals surface area contributed by atoms with Crippen molar-refractivity contribution in [2.24, 2.45) is 0 Å². The van der Waals surface area contributed by atoms with Gasteiger partial charge in [0.25, 0.3) is 0 Å². The van der Waals surface area contributed by atoms with Crippen LogP contribution < -0.4 is 4.72 Å². The average molecular weight is 390 g/mol. The highest BCUT2D eigenvalue weighted by Gasteiger charge is 2.21. The van der Waals surface area contributed by atoms with E-state index in [1.807, 2.05) is 18.2 Å². The molecule has 1 heterocycles. The molecule has 0 saturated carbocycles. The average Bonchev–Trinajstić information content (AvgIpc) is 2.81. The number of aryl methyl sites for hydroxylation is 1.